The van der Waals surface area contributed by atoms with Crippen LogP contribution in [-0.2, 0) is 11.4 Å². The first-order chi connectivity index (χ1) is 11.1. The van der Waals surface area contributed by atoms with Gasteiger partial charge < -0.3 is 10.1 Å². The van der Waals surface area contributed by atoms with Crippen molar-refractivity contribution in [2.75, 3.05) is 0 Å². The number of aryl methyl sites for hydroxylation is 1. The van der Waals surface area contributed by atoms with Crippen molar-refractivity contribution in [3.63, 3.8) is 0 Å². The van der Waals surface area contributed by atoms with Crippen LogP contribution in [0.15, 0.2) is 53.4 Å². The Morgan fingerprint density at radius 3 is 2.43 bits per heavy atom. The van der Waals surface area contributed by atoms with E-state index in [1.54, 1.807) is 0 Å². The Labute approximate surface area is 144 Å². The Morgan fingerprint density at radius 1 is 1.13 bits per heavy atom. The number of amides is 1. The Kier molecular flexibility index (Phi) is 4.79. The molecule has 0 bridgehead atoms. The quantitative estimate of drug-likeness (QED) is 0.672. The summed E-state index contributed by atoms with van der Waals surface area (Å²) in [6.07, 6.45) is 1.82. The lowest BCUT2D eigenvalue weighted by molar-refractivity contribution is -0.115. The summed E-state index contributed by atoms with van der Waals surface area (Å²) in [5, 5.41) is 2.60. The first-order valence-corrected chi connectivity index (χ1v) is 8.36. The predicted molar refractivity (Wildman–Crippen MR) is 98.3 cm³/mol. The van der Waals surface area contributed by atoms with Gasteiger partial charge in [0.25, 0.3) is 5.91 Å². The molecule has 0 saturated carbocycles. The van der Waals surface area contributed by atoms with Gasteiger partial charge >= 0.3 is 0 Å². The van der Waals surface area contributed by atoms with Crippen LogP contribution in [0.2, 0.25) is 0 Å². The third kappa shape index (κ3) is 4.21. The molecule has 0 spiro atoms. The van der Waals surface area contributed by atoms with E-state index in [9.17, 15) is 4.79 Å². The van der Waals surface area contributed by atoms with E-state index < -0.39 is 0 Å². The number of carbonyl (C=O) groups excluding carboxylic acids is 1. The fourth-order valence-electron chi connectivity index (χ4n) is 2.08. The van der Waals surface area contributed by atoms with Gasteiger partial charge in [-0.25, -0.2) is 0 Å². The van der Waals surface area contributed by atoms with Crippen molar-refractivity contribution in [1.29, 1.82) is 0 Å². The zero-order valence-electron chi connectivity index (χ0n) is 12.5. The van der Waals surface area contributed by atoms with Crippen LogP contribution in [0.5, 0.6) is 5.75 Å². The van der Waals surface area contributed by atoms with E-state index in [0.717, 1.165) is 16.9 Å². The van der Waals surface area contributed by atoms with Gasteiger partial charge in [0.05, 0.1) is 4.91 Å². The number of carbonyl (C=O) groups is 1. The van der Waals surface area contributed by atoms with Gasteiger partial charge in [0, 0.05) is 0 Å². The van der Waals surface area contributed by atoms with Gasteiger partial charge in [-0.05, 0) is 36.3 Å². The van der Waals surface area contributed by atoms with Crippen LogP contribution < -0.4 is 10.1 Å². The molecule has 2 aromatic rings. The maximum atomic E-state index is 11.6. The minimum absolute atomic E-state index is 0.139. The minimum atomic E-state index is -0.139. The van der Waals surface area contributed by atoms with Crippen LogP contribution in [0.4, 0.5) is 0 Å². The van der Waals surface area contributed by atoms with Crippen LogP contribution >= 0.6 is 24.0 Å². The highest BCUT2D eigenvalue weighted by Crippen LogP contribution is 2.26. The number of thiocarbonyl (C=S) groups is 1. The highest BCUT2D eigenvalue weighted by molar-refractivity contribution is 8.26. The van der Waals surface area contributed by atoms with Crippen molar-refractivity contribution >= 4 is 40.3 Å². The van der Waals surface area contributed by atoms with Gasteiger partial charge in [-0.15, -0.1) is 0 Å². The SMILES string of the molecule is Cc1ccc(COc2ccc(C=C3SC(=S)NC3=O)cc2)cc1. The second kappa shape index (κ2) is 6.98. The molecule has 1 aliphatic heterocycles. The predicted octanol–water partition coefficient (Wildman–Crippen LogP) is 4.06. The van der Waals surface area contributed by atoms with Gasteiger partial charge in [0.2, 0.25) is 0 Å². The van der Waals surface area contributed by atoms with E-state index in [1.807, 2.05) is 30.3 Å². The number of hydrogen-bond donors (Lipinski definition) is 1. The summed E-state index contributed by atoms with van der Waals surface area (Å²) < 4.78 is 6.27. The molecule has 0 unspecified atom stereocenters. The van der Waals surface area contributed by atoms with Gasteiger partial charge in [-0.2, -0.15) is 0 Å². The number of thioether (sulfide) groups is 1. The molecule has 1 saturated heterocycles. The Morgan fingerprint density at radius 2 is 1.83 bits per heavy atom. The summed E-state index contributed by atoms with van der Waals surface area (Å²) in [5.74, 6) is 0.659. The summed E-state index contributed by atoms with van der Waals surface area (Å²) in [6, 6.07) is 15.9. The van der Waals surface area contributed by atoms with Gasteiger partial charge in [-0.1, -0.05) is 65.9 Å². The van der Waals surface area contributed by atoms with Crippen molar-refractivity contribution < 1.29 is 9.53 Å². The lowest BCUT2D eigenvalue weighted by atomic mass is 10.1. The normalized spacial score (nSPS) is 15.8. The second-order valence-corrected chi connectivity index (χ2v) is 6.91. The Bertz CT molecular complexity index is 765. The molecule has 1 N–H and O–H groups in total. The van der Waals surface area contributed by atoms with Crippen molar-refractivity contribution in [3.8, 4) is 5.75 Å². The zero-order valence-corrected chi connectivity index (χ0v) is 14.2. The maximum Gasteiger partial charge on any atom is 0.263 e. The van der Waals surface area contributed by atoms with E-state index in [-0.39, 0.29) is 5.91 Å². The molecule has 0 radical (unpaired) electrons. The van der Waals surface area contributed by atoms with Crippen LogP contribution in [0.3, 0.4) is 0 Å². The molecule has 5 heteroatoms. The second-order valence-electron chi connectivity index (χ2n) is 5.20. The Hall–Kier alpha value is -2.11. The average molecular weight is 341 g/mol. The minimum Gasteiger partial charge on any atom is -0.489 e. The summed E-state index contributed by atoms with van der Waals surface area (Å²) >= 11 is 6.25. The van der Waals surface area contributed by atoms with Crippen molar-refractivity contribution in [2.45, 2.75) is 13.5 Å². The fraction of sp³-hybridized carbons (Fsp3) is 0.111. The Balaban J connectivity index is 1.63. The molecule has 116 valence electrons. The molecule has 23 heavy (non-hydrogen) atoms. The lowest BCUT2D eigenvalue weighted by Gasteiger charge is -2.07. The smallest absolute Gasteiger partial charge is 0.263 e. The zero-order chi connectivity index (χ0) is 16.2. The number of nitrogens with one attached hydrogen (secondary N) is 1. The van der Waals surface area contributed by atoms with E-state index in [0.29, 0.717) is 15.8 Å². The maximum absolute atomic E-state index is 11.6. The van der Waals surface area contributed by atoms with Gasteiger partial charge in [0.15, 0.2) is 0 Å². The third-order valence-electron chi connectivity index (χ3n) is 3.35. The summed E-state index contributed by atoms with van der Waals surface area (Å²) in [5.41, 5.74) is 3.31. The molecule has 3 rings (SSSR count). The van der Waals surface area contributed by atoms with Crippen LogP contribution in [0, 0.1) is 6.92 Å². The molecule has 0 aromatic heterocycles. The van der Waals surface area contributed by atoms with Crippen LogP contribution in [0.1, 0.15) is 16.7 Å². The van der Waals surface area contributed by atoms with E-state index in [1.165, 1.54) is 17.3 Å². The molecule has 0 atom stereocenters. The molecule has 2 aromatic carbocycles. The molecular formula is C18H15NO2S2. The topological polar surface area (TPSA) is 38.3 Å². The van der Waals surface area contributed by atoms with Gasteiger partial charge in [-0.3, -0.25) is 4.79 Å². The van der Waals surface area contributed by atoms with Crippen molar-refractivity contribution in [1.82, 2.24) is 5.32 Å². The first-order valence-electron chi connectivity index (χ1n) is 7.13. The highest BCUT2D eigenvalue weighted by atomic mass is 32.2. The van der Waals surface area contributed by atoms with Crippen molar-refractivity contribution in [2.24, 2.45) is 0 Å². The largest absolute Gasteiger partial charge is 0.489 e. The molecular weight excluding hydrogens is 326 g/mol. The number of hydrogen-bond acceptors (Lipinski definition) is 4. The molecule has 3 nitrogen and oxygen atoms in total. The van der Waals surface area contributed by atoms with Gasteiger partial charge in [0.1, 0.15) is 16.7 Å². The molecule has 1 heterocycles. The standard InChI is InChI=1S/C18H15NO2S2/c1-12-2-4-14(5-3-12)11-21-15-8-6-13(7-9-15)10-16-17(20)19-18(22)23-16/h2-10H,11H2,1H3,(H,19,20,22). The average Bonchev–Trinajstić information content (AvgIpc) is 2.86. The summed E-state index contributed by atoms with van der Waals surface area (Å²) in [6.45, 7) is 2.60. The number of rotatable bonds is 4. The molecule has 0 aliphatic carbocycles. The number of benzene rings is 2. The summed E-state index contributed by atoms with van der Waals surface area (Å²) in [4.78, 5) is 12.2. The molecule has 1 fully saturated rings. The molecule has 1 aliphatic rings. The van der Waals surface area contributed by atoms with Crippen LogP contribution in [-0.4, -0.2) is 10.2 Å². The van der Waals surface area contributed by atoms with E-state index in [2.05, 4.69) is 36.5 Å². The van der Waals surface area contributed by atoms with E-state index in [4.69, 9.17) is 17.0 Å². The van der Waals surface area contributed by atoms with E-state index >= 15 is 0 Å². The molecule has 1 amide bonds. The first kappa shape index (κ1) is 15.8. The van der Waals surface area contributed by atoms with Crippen LogP contribution in [0.25, 0.3) is 6.08 Å². The number of ether oxygens (including phenoxy) is 1. The lowest BCUT2D eigenvalue weighted by Crippen LogP contribution is -2.17. The summed E-state index contributed by atoms with van der Waals surface area (Å²) in [7, 11) is 0. The fourth-order valence-corrected chi connectivity index (χ4v) is 3.13. The third-order valence-corrected chi connectivity index (χ3v) is 4.51. The van der Waals surface area contributed by atoms with Crippen molar-refractivity contribution in [3.05, 3.63) is 70.1 Å². The monoisotopic (exact) mass is 341 g/mol. The highest BCUT2D eigenvalue weighted by Gasteiger charge is 2.21.